The monoisotopic (exact) mass is 303 g/mol. The first-order valence-corrected chi connectivity index (χ1v) is 8.06. The van der Waals surface area contributed by atoms with Crippen molar-refractivity contribution in [1.82, 2.24) is 19.9 Å². The average Bonchev–Trinajstić information content (AvgIpc) is 2.74. The summed E-state index contributed by atoms with van der Waals surface area (Å²) in [6.07, 6.45) is 3.35. The smallest absolute Gasteiger partial charge is 0.244 e. The van der Waals surface area contributed by atoms with Crippen LogP contribution in [0.5, 0.6) is 0 Å². The Hall–Kier alpha value is -1.68. The number of hydrogen-bond acceptors (Lipinski definition) is 6. The first-order chi connectivity index (χ1) is 9.33. The normalized spacial score (nSPS) is 19.9. The lowest BCUT2D eigenvalue weighted by Crippen LogP contribution is -2.43. The van der Waals surface area contributed by atoms with Gasteiger partial charge in [-0.05, 0) is 12.8 Å². The van der Waals surface area contributed by atoms with Gasteiger partial charge in [0.05, 0.1) is 18.6 Å². The van der Waals surface area contributed by atoms with Crippen LogP contribution in [0.15, 0.2) is 6.20 Å². The Kier molecular flexibility index (Phi) is 4.23. The number of aliphatic hydroxyl groups is 1. The van der Waals surface area contributed by atoms with Gasteiger partial charge in [0, 0.05) is 13.1 Å². The number of likely N-dealkylation sites (tertiary alicyclic amines) is 1. The molecule has 1 amide bonds. The fourth-order valence-electron chi connectivity index (χ4n) is 2.03. The standard InChI is InChI=1S/C10H17N5O4S/c1-20(18,19)12-9-6-15(13-11-9)7-10(17)14-4-2-3-8(16)5-14/h6,8,12,16H,2-5,7H2,1H3. The zero-order valence-electron chi connectivity index (χ0n) is 11.1. The number of carbonyl (C=O) groups excluding carboxylic acids is 1. The molecule has 1 atom stereocenters. The molecule has 1 unspecified atom stereocenters. The maximum absolute atomic E-state index is 12.0. The molecule has 1 aromatic rings. The zero-order valence-corrected chi connectivity index (χ0v) is 11.9. The number of hydrogen-bond donors (Lipinski definition) is 2. The lowest BCUT2D eigenvalue weighted by atomic mass is 10.1. The van der Waals surface area contributed by atoms with E-state index in [2.05, 4.69) is 15.0 Å². The number of sulfonamides is 1. The Morgan fingerprint density at radius 2 is 2.35 bits per heavy atom. The molecule has 0 radical (unpaired) electrons. The SMILES string of the molecule is CS(=O)(=O)Nc1cn(CC(=O)N2CCCC(O)C2)nn1. The number of piperidine rings is 1. The van der Waals surface area contributed by atoms with E-state index in [9.17, 15) is 18.3 Å². The Morgan fingerprint density at radius 1 is 1.60 bits per heavy atom. The van der Waals surface area contributed by atoms with E-state index in [1.807, 2.05) is 0 Å². The van der Waals surface area contributed by atoms with Gasteiger partial charge < -0.3 is 10.0 Å². The van der Waals surface area contributed by atoms with E-state index in [1.165, 1.54) is 10.9 Å². The number of rotatable bonds is 4. The highest BCUT2D eigenvalue weighted by atomic mass is 32.2. The minimum Gasteiger partial charge on any atom is -0.391 e. The molecule has 2 heterocycles. The molecule has 0 saturated carbocycles. The molecule has 9 nitrogen and oxygen atoms in total. The molecular formula is C10H17N5O4S. The van der Waals surface area contributed by atoms with Crippen molar-refractivity contribution in [2.45, 2.75) is 25.5 Å². The van der Waals surface area contributed by atoms with Crippen LogP contribution < -0.4 is 4.72 Å². The number of amides is 1. The summed E-state index contributed by atoms with van der Waals surface area (Å²) in [5, 5.41) is 16.8. The van der Waals surface area contributed by atoms with Crippen molar-refractivity contribution in [3.8, 4) is 0 Å². The molecule has 1 saturated heterocycles. The topological polar surface area (TPSA) is 117 Å². The largest absolute Gasteiger partial charge is 0.391 e. The van der Waals surface area contributed by atoms with E-state index in [0.29, 0.717) is 19.5 Å². The molecule has 1 aliphatic rings. The molecular weight excluding hydrogens is 286 g/mol. The van der Waals surface area contributed by atoms with Gasteiger partial charge in [-0.15, -0.1) is 5.10 Å². The molecule has 0 aliphatic carbocycles. The summed E-state index contributed by atoms with van der Waals surface area (Å²) in [5.41, 5.74) is 0. The highest BCUT2D eigenvalue weighted by Crippen LogP contribution is 2.10. The Morgan fingerprint density at radius 3 is 3.00 bits per heavy atom. The molecule has 1 aliphatic heterocycles. The van der Waals surface area contributed by atoms with E-state index in [-0.39, 0.29) is 18.3 Å². The van der Waals surface area contributed by atoms with Crippen LogP contribution in [0.25, 0.3) is 0 Å². The predicted molar refractivity (Wildman–Crippen MR) is 70.3 cm³/mol. The van der Waals surface area contributed by atoms with Crippen LogP contribution in [0.3, 0.4) is 0 Å². The number of nitrogens with zero attached hydrogens (tertiary/aromatic N) is 4. The van der Waals surface area contributed by atoms with Gasteiger partial charge in [0.15, 0.2) is 5.82 Å². The molecule has 20 heavy (non-hydrogen) atoms. The van der Waals surface area contributed by atoms with Gasteiger partial charge >= 0.3 is 0 Å². The van der Waals surface area contributed by atoms with Crippen molar-refractivity contribution in [2.24, 2.45) is 0 Å². The average molecular weight is 303 g/mol. The van der Waals surface area contributed by atoms with Crippen molar-refractivity contribution in [3.05, 3.63) is 6.20 Å². The van der Waals surface area contributed by atoms with E-state index < -0.39 is 16.1 Å². The van der Waals surface area contributed by atoms with Gasteiger partial charge in [0.1, 0.15) is 6.54 Å². The fourth-order valence-corrected chi connectivity index (χ4v) is 2.51. The van der Waals surface area contributed by atoms with Crippen molar-refractivity contribution >= 4 is 21.7 Å². The number of aliphatic hydroxyl groups excluding tert-OH is 1. The van der Waals surface area contributed by atoms with E-state index >= 15 is 0 Å². The van der Waals surface area contributed by atoms with Crippen LogP contribution in [0, 0.1) is 0 Å². The molecule has 2 N–H and O–H groups in total. The molecule has 10 heteroatoms. The van der Waals surface area contributed by atoms with Crippen LogP contribution in [-0.2, 0) is 21.4 Å². The summed E-state index contributed by atoms with van der Waals surface area (Å²) in [6, 6.07) is 0. The molecule has 112 valence electrons. The summed E-state index contributed by atoms with van der Waals surface area (Å²) in [7, 11) is -3.41. The number of aromatic nitrogens is 3. The van der Waals surface area contributed by atoms with Gasteiger partial charge in [-0.1, -0.05) is 5.21 Å². The van der Waals surface area contributed by atoms with E-state index in [0.717, 1.165) is 12.7 Å². The number of β-amino-alcohol motifs (C(OH)–C–C–N with tert-alkyl or cyclic N) is 1. The van der Waals surface area contributed by atoms with Gasteiger partial charge in [-0.3, -0.25) is 9.52 Å². The first-order valence-electron chi connectivity index (χ1n) is 6.17. The van der Waals surface area contributed by atoms with Crippen LogP contribution in [-0.4, -0.2) is 64.8 Å². The summed E-state index contributed by atoms with van der Waals surface area (Å²) in [5.74, 6) is -0.112. The van der Waals surface area contributed by atoms with Gasteiger partial charge in [0.2, 0.25) is 15.9 Å². The minimum absolute atomic E-state index is 0.0365. The van der Waals surface area contributed by atoms with Crippen LogP contribution in [0.2, 0.25) is 0 Å². The van der Waals surface area contributed by atoms with Crippen molar-refractivity contribution in [3.63, 3.8) is 0 Å². The number of anilines is 1. The van der Waals surface area contributed by atoms with Crippen molar-refractivity contribution < 1.29 is 18.3 Å². The second-order valence-corrected chi connectivity index (χ2v) is 6.56. The molecule has 0 bridgehead atoms. The maximum Gasteiger partial charge on any atom is 0.244 e. The van der Waals surface area contributed by atoms with Crippen LogP contribution in [0.4, 0.5) is 5.82 Å². The Balaban J connectivity index is 1.94. The second-order valence-electron chi connectivity index (χ2n) is 4.81. The first kappa shape index (κ1) is 14.7. The van der Waals surface area contributed by atoms with E-state index in [1.54, 1.807) is 4.90 Å². The molecule has 1 aromatic heterocycles. The number of nitrogens with one attached hydrogen (secondary N) is 1. The molecule has 0 aromatic carbocycles. The third kappa shape index (κ3) is 4.17. The van der Waals surface area contributed by atoms with Crippen LogP contribution >= 0.6 is 0 Å². The Bertz CT molecular complexity index is 584. The lowest BCUT2D eigenvalue weighted by Gasteiger charge is -2.29. The third-order valence-electron chi connectivity index (χ3n) is 2.88. The fraction of sp³-hybridized carbons (Fsp3) is 0.700. The van der Waals surface area contributed by atoms with Crippen molar-refractivity contribution in [1.29, 1.82) is 0 Å². The molecule has 1 fully saturated rings. The quantitative estimate of drug-likeness (QED) is 0.709. The predicted octanol–water partition coefficient (Wildman–Crippen LogP) is -1.37. The van der Waals surface area contributed by atoms with Gasteiger partial charge in [0.25, 0.3) is 0 Å². The Labute approximate surface area is 116 Å². The summed E-state index contributed by atoms with van der Waals surface area (Å²) < 4.78 is 25.5. The minimum atomic E-state index is -3.41. The molecule has 2 rings (SSSR count). The van der Waals surface area contributed by atoms with E-state index in [4.69, 9.17) is 0 Å². The van der Waals surface area contributed by atoms with Gasteiger partial charge in [-0.25, -0.2) is 13.1 Å². The van der Waals surface area contributed by atoms with Crippen molar-refractivity contribution in [2.75, 3.05) is 24.1 Å². The third-order valence-corrected chi connectivity index (χ3v) is 3.46. The molecule has 0 spiro atoms. The number of carbonyl (C=O) groups is 1. The summed E-state index contributed by atoms with van der Waals surface area (Å²) in [4.78, 5) is 13.6. The summed E-state index contributed by atoms with van der Waals surface area (Å²) in [6.45, 7) is 0.895. The van der Waals surface area contributed by atoms with Gasteiger partial charge in [-0.2, -0.15) is 0 Å². The van der Waals surface area contributed by atoms with Crippen LogP contribution in [0.1, 0.15) is 12.8 Å². The maximum atomic E-state index is 12.0. The highest BCUT2D eigenvalue weighted by molar-refractivity contribution is 7.92. The second kappa shape index (κ2) is 5.75. The zero-order chi connectivity index (χ0) is 14.8. The lowest BCUT2D eigenvalue weighted by molar-refractivity contribution is -0.135. The highest BCUT2D eigenvalue weighted by Gasteiger charge is 2.22. The summed E-state index contributed by atoms with van der Waals surface area (Å²) >= 11 is 0.